The number of anilines is 1. The van der Waals surface area contributed by atoms with Gasteiger partial charge in [0.2, 0.25) is 5.91 Å². The molecule has 7 heteroatoms. The zero-order valence-electron chi connectivity index (χ0n) is 16.8. The molecule has 1 aliphatic carbocycles. The Hall–Kier alpha value is -1.89. The van der Waals surface area contributed by atoms with Crippen molar-refractivity contribution in [1.82, 2.24) is 0 Å². The fourth-order valence-corrected chi connectivity index (χ4v) is 4.00. The Morgan fingerprint density at radius 2 is 1.74 bits per heavy atom. The third-order valence-electron chi connectivity index (χ3n) is 4.55. The number of carbonyl (C=O) groups excluding carboxylic acids is 3. The lowest BCUT2D eigenvalue weighted by molar-refractivity contribution is -0.123. The first kappa shape index (κ1) is 21.4. The highest BCUT2D eigenvalue weighted by molar-refractivity contribution is 7.18. The summed E-state index contributed by atoms with van der Waals surface area (Å²) in [7, 11) is 0. The van der Waals surface area contributed by atoms with Crippen LogP contribution in [0.1, 0.15) is 85.4 Å². The molecule has 1 aliphatic rings. The van der Waals surface area contributed by atoms with Gasteiger partial charge in [-0.3, -0.25) is 4.79 Å². The van der Waals surface area contributed by atoms with Gasteiger partial charge in [-0.2, -0.15) is 0 Å². The van der Waals surface area contributed by atoms with Crippen molar-refractivity contribution in [2.75, 3.05) is 11.9 Å². The highest BCUT2D eigenvalue weighted by Crippen LogP contribution is 2.36. The Morgan fingerprint density at radius 1 is 1.11 bits per heavy atom. The third-order valence-corrected chi connectivity index (χ3v) is 5.73. The van der Waals surface area contributed by atoms with E-state index in [4.69, 9.17) is 9.47 Å². The Morgan fingerprint density at radius 3 is 2.30 bits per heavy atom. The SMILES string of the molecule is CCOC(=O)c1c(NC(=O)C(C)(C)C)sc(C(=O)OC2CCCCC2)c1C. The van der Waals surface area contributed by atoms with Crippen molar-refractivity contribution in [3.05, 3.63) is 16.0 Å². The number of nitrogens with one attached hydrogen (secondary N) is 1. The molecule has 0 radical (unpaired) electrons. The molecule has 1 saturated carbocycles. The van der Waals surface area contributed by atoms with E-state index in [9.17, 15) is 14.4 Å². The number of esters is 2. The monoisotopic (exact) mass is 395 g/mol. The molecule has 0 saturated heterocycles. The number of rotatable bonds is 5. The van der Waals surface area contributed by atoms with Crippen LogP contribution >= 0.6 is 11.3 Å². The van der Waals surface area contributed by atoms with E-state index in [1.165, 1.54) is 6.42 Å². The molecule has 1 amide bonds. The molecule has 1 heterocycles. The van der Waals surface area contributed by atoms with Gasteiger partial charge in [0.15, 0.2) is 0 Å². The summed E-state index contributed by atoms with van der Waals surface area (Å²) in [6.07, 6.45) is 4.95. The van der Waals surface area contributed by atoms with Crippen molar-refractivity contribution in [3.63, 3.8) is 0 Å². The zero-order valence-corrected chi connectivity index (χ0v) is 17.6. The second-order valence-corrected chi connectivity index (χ2v) is 8.87. The van der Waals surface area contributed by atoms with Crippen LogP contribution in [0.25, 0.3) is 0 Å². The maximum absolute atomic E-state index is 12.7. The van der Waals surface area contributed by atoms with Crippen molar-refractivity contribution in [2.24, 2.45) is 5.41 Å². The quantitative estimate of drug-likeness (QED) is 0.730. The maximum atomic E-state index is 12.7. The van der Waals surface area contributed by atoms with Crippen molar-refractivity contribution < 1.29 is 23.9 Å². The molecule has 6 nitrogen and oxygen atoms in total. The minimum absolute atomic E-state index is 0.0774. The predicted molar refractivity (Wildman–Crippen MR) is 105 cm³/mol. The molecule has 2 rings (SSSR count). The molecule has 1 aromatic rings. The Balaban J connectivity index is 2.31. The molecule has 0 aromatic carbocycles. The van der Waals surface area contributed by atoms with Gasteiger partial charge in [-0.15, -0.1) is 11.3 Å². The minimum atomic E-state index is -0.632. The summed E-state index contributed by atoms with van der Waals surface area (Å²) >= 11 is 1.07. The van der Waals surface area contributed by atoms with Crippen molar-refractivity contribution in [2.45, 2.75) is 72.8 Å². The van der Waals surface area contributed by atoms with Gasteiger partial charge in [0.1, 0.15) is 16.0 Å². The summed E-state index contributed by atoms with van der Waals surface area (Å²) in [4.78, 5) is 37.9. The van der Waals surface area contributed by atoms with Gasteiger partial charge in [-0.1, -0.05) is 27.2 Å². The summed E-state index contributed by atoms with van der Waals surface area (Å²) < 4.78 is 10.8. The Bertz CT molecular complexity index is 711. The fraction of sp³-hybridized carbons (Fsp3) is 0.650. The van der Waals surface area contributed by atoms with Crippen LogP contribution in [0.3, 0.4) is 0 Å². The van der Waals surface area contributed by atoms with Crippen molar-refractivity contribution in [3.8, 4) is 0 Å². The number of carbonyl (C=O) groups is 3. The van der Waals surface area contributed by atoms with Crippen LogP contribution < -0.4 is 5.32 Å². The molecule has 0 bridgehead atoms. The summed E-state index contributed by atoms with van der Waals surface area (Å²) in [5.41, 5.74) is 0.0885. The van der Waals surface area contributed by atoms with Crippen LogP contribution in [0.2, 0.25) is 0 Å². The molecule has 1 fully saturated rings. The van der Waals surface area contributed by atoms with E-state index in [1.54, 1.807) is 34.6 Å². The largest absolute Gasteiger partial charge is 0.462 e. The molecular weight excluding hydrogens is 366 g/mol. The first-order valence-corrected chi connectivity index (χ1v) is 10.3. The first-order valence-electron chi connectivity index (χ1n) is 9.48. The highest BCUT2D eigenvalue weighted by atomic mass is 32.1. The highest BCUT2D eigenvalue weighted by Gasteiger charge is 2.31. The molecule has 0 atom stereocenters. The average Bonchev–Trinajstić information content (AvgIpc) is 2.91. The molecular formula is C20H29NO5S. The normalized spacial score (nSPS) is 15.3. The smallest absolute Gasteiger partial charge is 0.348 e. The number of thiophene rings is 1. The molecule has 0 unspecified atom stereocenters. The average molecular weight is 396 g/mol. The van der Waals surface area contributed by atoms with Crippen LogP contribution in [0, 0.1) is 12.3 Å². The zero-order chi connectivity index (χ0) is 20.2. The van der Waals surface area contributed by atoms with Gasteiger partial charge < -0.3 is 14.8 Å². The van der Waals surface area contributed by atoms with Gasteiger partial charge in [-0.25, -0.2) is 9.59 Å². The topological polar surface area (TPSA) is 81.7 Å². The van der Waals surface area contributed by atoms with Crippen molar-refractivity contribution in [1.29, 1.82) is 0 Å². The van der Waals surface area contributed by atoms with Crippen LogP contribution in [0.15, 0.2) is 0 Å². The number of hydrogen-bond acceptors (Lipinski definition) is 6. The van der Waals surface area contributed by atoms with E-state index in [1.807, 2.05) is 0 Å². The number of ether oxygens (including phenoxy) is 2. The summed E-state index contributed by atoms with van der Waals surface area (Å²) in [5, 5.41) is 3.12. The standard InChI is InChI=1S/C20H29NO5S/c1-6-25-17(22)14-12(2)15(18(23)26-13-10-8-7-9-11-13)27-16(14)21-19(24)20(3,4)5/h13H,6-11H2,1-5H3,(H,21,24). The molecule has 0 spiro atoms. The van der Waals surface area contributed by atoms with Crippen LogP contribution in [0.5, 0.6) is 0 Å². The lowest BCUT2D eigenvalue weighted by Crippen LogP contribution is -2.28. The summed E-state index contributed by atoms with van der Waals surface area (Å²) in [6, 6.07) is 0. The third kappa shape index (κ3) is 5.31. The van der Waals surface area contributed by atoms with Gasteiger partial charge in [0, 0.05) is 5.41 Å². The maximum Gasteiger partial charge on any atom is 0.348 e. The molecule has 27 heavy (non-hydrogen) atoms. The molecule has 1 aromatic heterocycles. The first-order chi connectivity index (χ1) is 12.6. The lowest BCUT2D eigenvalue weighted by Gasteiger charge is -2.21. The molecule has 1 N–H and O–H groups in total. The van der Waals surface area contributed by atoms with Crippen LogP contribution in [-0.4, -0.2) is 30.6 Å². The lowest BCUT2D eigenvalue weighted by atomic mass is 9.96. The number of hydrogen-bond donors (Lipinski definition) is 1. The van der Waals surface area contributed by atoms with Gasteiger partial charge in [0.25, 0.3) is 0 Å². The van der Waals surface area contributed by atoms with E-state index < -0.39 is 17.4 Å². The minimum Gasteiger partial charge on any atom is -0.462 e. The van der Waals surface area contributed by atoms with Gasteiger partial charge in [-0.05, 0) is 45.1 Å². The second-order valence-electron chi connectivity index (χ2n) is 7.85. The van der Waals surface area contributed by atoms with Crippen molar-refractivity contribution >= 4 is 34.2 Å². The fourth-order valence-electron chi connectivity index (χ4n) is 2.92. The molecule has 0 aliphatic heterocycles. The molecule has 150 valence electrons. The van der Waals surface area contributed by atoms with Gasteiger partial charge >= 0.3 is 11.9 Å². The Labute approximate surface area is 164 Å². The predicted octanol–water partition coefficient (Wildman–Crippen LogP) is 4.71. The van der Waals surface area contributed by atoms with E-state index in [-0.39, 0.29) is 24.2 Å². The van der Waals surface area contributed by atoms with Crippen LogP contribution in [-0.2, 0) is 14.3 Å². The Kier molecular flexibility index (Phi) is 7.03. The van der Waals surface area contributed by atoms with E-state index in [0.717, 1.165) is 37.0 Å². The number of amides is 1. The van der Waals surface area contributed by atoms with E-state index in [2.05, 4.69) is 5.32 Å². The summed E-state index contributed by atoms with van der Waals surface area (Å²) in [6.45, 7) is 8.96. The van der Waals surface area contributed by atoms with Crippen LogP contribution in [0.4, 0.5) is 5.00 Å². The van der Waals surface area contributed by atoms with E-state index >= 15 is 0 Å². The second kappa shape index (κ2) is 8.87. The summed E-state index contributed by atoms with van der Waals surface area (Å²) in [5.74, 6) is -1.22. The van der Waals surface area contributed by atoms with E-state index in [0.29, 0.717) is 15.4 Å². The van der Waals surface area contributed by atoms with Gasteiger partial charge in [0.05, 0.1) is 12.2 Å².